The Morgan fingerprint density at radius 1 is 0.864 bits per heavy atom. The highest BCUT2D eigenvalue weighted by atomic mass is 28.3. The third kappa shape index (κ3) is 5.52. The maximum Gasteiger partial charge on any atom is 0.0866 e. The molecule has 1 aromatic rings. The van der Waals surface area contributed by atoms with Gasteiger partial charge in [0.05, 0.1) is 12.7 Å². The van der Waals surface area contributed by atoms with E-state index in [1.54, 1.807) is 11.1 Å². The Labute approximate surface area is 138 Å². The van der Waals surface area contributed by atoms with Gasteiger partial charge in [-0.25, -0.2) is 0 Å². The molecule has 0 N–H and O–H groups in total. The number of hydrogen-bond donors (Lipinski definition) is 0. The molecule has 0 amide bonds. The molecule has 1 unspecified atom stereocenters. The molecule has 0 fully saturated rings. The molecule has 1 heterocycles. The lowest BCUT2D eigenvalue weighted by molar-refractivity contribution is 0.0577. The minimum absolute atomic E-state index is 0.262. The molecule has 0 aliphatic carbocycles. The van der Waals surface area contributed by atoms with E-state index in [-0.39, 0.29) is 6.10 Å². The van der Waals surface area contributed by atoms with Gasteiger partial charge in [0, 0.05) is 16.1 Å². The summed E-state index contributed by atoms with van der Waals surface area (Å²) < 4.78 is 6.25. The summed E-state index contributed by atoms with van der Waals surface area (Å²) in [5.41, 5.74) is 4.69. The van der Waals surface area contributed by atoms with Gasteiger partial charge in [-0.15, -0.1) is 0 Å². The van der Waals surface area contributed by atoms with Crippen LogP contribution in [0, 0.1) is 0 Å². The standard InChI is InChI=1S/C19H32OSi2/c1-21(2,3)14-17-12-19(16-10-8-7-9-11-16)20-13-18(17)15-22(4,5)6/h7-11,19H,12-15H2,1-6H3. The molecule has 122 valence electrons. The summed E-state index contributed by atoms with van der Waals surface area (Å²) in [7, 11) is -2.18. The van der Waals surface area contributed by atoms with E-state index in [2.05, 4.69) is 69.6 Å². The van der Waals surface area contributed by atoms with Gasteiger partial charge < -0.3 is 4.74 Å². The Morgan fingerprint density at radius 3 is 1.95 bits per heavy atom. The van der Waals surface area contributed by atoms with Crippen molar-refractivity contribution in [1.29, 1.82) is 0 Å². The molecule has 0 radical (unpaired) electrons. The van der Waals surface area contributed by atoms with E-state index < -0.39 is 16.1 Å². The molecule has 3 heteroatoms. The van der Waals surface area contributed by atoms with Crippen molar-refractivity contribution in [2.75, 3.05) is 6.61 Å². The average molecular weight is 333 g/mol. The molecular weight excluding hydrogens is 300 g/mol. The van der Waals surface area contributed by atoms with Crippen molar-refractivity contribution in [2.45, 2.75) is 63.9 Å². The molecule has 1 aromatic carbocycles. The van der Waals surface area contributed by atoms with E-state index in [1.807, 2.05) is 0 Å². The van der Waals surface area contributed by atoms with Crippen molar-refractivity contribution in [2.24, 2.45) is 0 Å². The van der Waals surface area contributed by atoms with Crippen LogP contribution >= 0.6 is 0 Å². The van der Waals surface area contributed by atoms with Crippen molar-refractivity contribution < 1.29 is 4.74 Å². The van der Waals surface area contributed by atoms with Crippen molar-refractivity contribution in [1.82, 2.24) is 0 Å². The minimum Gasteiger partial charge on any atom is -0.369 e. The summed E-state index contributed by atoms with van der Waals surface area (Å²) in [6.45, 7) is 15.7. The smallest absolute Gasteiger partial charge is 0.0866 e. The Kier molecular flexibility index (Phi) is 5.51. The summed E-state index contributed by atoms with van der Waals surface area (Å²) in [6.07, 6.45) is 1.37. The predicted molar refractivity (Wildman–Crippen MR) is 103 cm³/mol. The monoisotopic (exact) mass is 332 g/mol. The van der Waals surface area contributed by atoms with Gasteiger partial charge >= 0.3 is 0 Å². The molecule has 0 bridgehead atoms. The van der Waals surface area contributed by atoms with Crippen molar-refractivity contribution >= 4 is 16.1 Å². The second-order valence-corrected chi connectivity index (χ2v) is 20.0. The van der Waals surface area contributed by atoms with Gasteiger partial charge in [-0.3, -0.25) is 0 Å². The lowest BCUT2D eigenvalue weighted by Crippen LogP contribution is -2.28. The van der Waals surface area contributed by atoms with Gasteiger partial charge in [0.1, 0.15) is 0 Å². The first-order valence-electron chi connectivity index (χ1n) is 8.50. The molecular formula is C19H32OSi2. The number of rotatable bonds is 5. The third-order valence-electron chi connectivity index (χ3n) is 4.05. The summed E-state index contributed by atoms with van der Waals surface area (Å²) >= 11 is 0. The highest BCUT2D eigenvalue weighted by Gasteiger charge is 2.28. The van der Waals surface area contributed by atoms with Crippen LogP contribution in [0.25, 0.3) is 0 Å². The molecule has 0 aromatic heterocycles. The van der Waals surface area contributed by atoms with Gasteiger partial charge in [-0.2, -0.15) is 0 Å². The fourth-order valence-corrected chi connectivity index (χ4v) is 6.57. The molecule has 0 saturated carbocycles. The molecule has 2 rings (SSSR count). The maximum absolute atomic E-state index is 6.25. The van der Waals surface area contributed by atoms with E-state index in [0.29, 0.717) is 0 Å². The number of benzene rings is 1. The van der Waals surface area contributed by atoms with E-state index in [1.165, 1.54) is 17.7 Å². The Bertz CT molecular complexity index is 521. The highest BCUT2D eigenvalue weighted by Crippen LogP contribution is 2.38. The average Bonchev–Trinajstić information content (AvgIpc) is 2.38. The molecule has 1 aliphatic heterocycles. The molecule has 1 atom stereocenters. The fraction of sp³-hybridized carbons (Fsp3) is 0.579. The molecule has 0 spiro atoms. The topological polar surface area (TPSA) is 9.23 Å². The predicted octanol–water partition coefficient (Wildman–Crippen LogP) is 6.12. The number of hydrogen-bond acceptors (Lipinski definition) is 1. The minimum atomic E-state index is -1.09. The van der Waals surface area contributed by atoms with Gasteiger partial charge in [-0.05, 0) is 29.6 Å². The molecule has 1 nitrogen and oxygen atoms in total. The van der Waals surface area contributed by atoms with Crippen molar-refractivity contribution in [3.8, 4) is 0 Å². The first kappa shape index (κ1) is 17.7. The molecule has 1 aliphatic rings. The second-order valence-electron chi connectivity index (χ2n) is 9.10. The first-order chi connectivity index (χ1) is 10.1. The SMILES string of the molecule is C[Si](C)(C)CC1=C(C[Si](C)(C)C)CC(c2ccccc2)OC1. The van der Waals surface area contributed by atoms with Crippen molar-refractivity contribution in [3.63, 3.8) is 0 Å². The van der Waals surface area contributed by atoms with Gasteiger partial charge in [0.2, 0.25) is 0 Å². The van der Waals surface area contributed by atoms with Crippen LogP contribution in [0.5, 0.6) is 0 Å². The quantitative estimate of drug-likeness (QED) is 0.466. The first-order valence-corrected chi connectivity index (χ1v) is 15.9. The summed E-state index contributed by atoms with van der Waals surface area (Å²) in [4.78, 5) is 0. The van der Waals surface area contributed by atoms with E-state index >= 15 is 0 Å². The zero-order valence-corrected chi connectivity index (χ0v) is 17.2. The summed E-state index contributed by atoms with van der Waals surface area (Å²) in [5.74, 6) is 0. The van der Waals surface area contributed by atoms with Gasteiger partial charge in [0.25, 0.3) is 0 Å². The lowest BCUT2D eigenvalue weighted by Gasteiger charge is -2.33. The van der Waals surface area contributed by atoms with Crippen LogP contribution in [0.15, 0.2) is 41.5 Å². The van der Waals surface area contributed by atoms with Gasteiger partial charge in [-0.1, -0.05) is 75.2 Å². The largest absolute Gasteiger partial charge is 0.369 e. The zero-order valence-electron chi connectivity index (χ0n) is 15.2. The maximum atomic E-state index is 6.25. The molecule has 0 saturated heterocycles. The second kappa shape index (κ2) is 6.85. The normalized spacial score (nSPS) is 20.4. The Morgan fingerprint density at radius 2 is 1.41 bits per heavy atom. The van der Waals surface area contributed by atoms with Crippen LogP contribution in [0.3, 0.4) is 0 Å². The van der Waals surface area contributed by atoms with Crippen LogP contribution in [0.4, 0.5) is 0 Å². The number of ether oxygens (including phenoxy) is 1. The summed E-state index contributed by atoms with van der Waals surface area (Å²) in [5, 5.41) is 0. The van der Waals surface area contributed by atoms with Crippen LogP contribution in [-0.2, 0) is 4.74 Å². The van der Waals surface area contributed by atoms with Gasteiger partial charge in [0.15, 0.2) is 0 Å². The Hall–Kier alpha value is -0.646. The third-order valence-corrected chi connectivity index (χ3v) is 7.02. The van der Waals surface area contributed by atoms with Crippen LogP contribution in [0.1, 0.15) is 18.1 Å². The van der Waals surface area contributed by atoms with E-state index in [4.69, 9.17) is 4.74 Å². The van der Waals surface area contributed by atoms with E-state index in [9.17, 15) is 0 Å². The van der Waals surface area contributed by atoms with Crippen LogP contribution in [0.2, 0.25) is 51.4 Å². The van der Waals surface area contributed by atoms with E-state index in [0.717, 1.165) is 13.0 Å². The molecule has 22 heavy (non-hydrogen) atoms. The fourth-order valence-electron chi connectivity index (χ4n) is 3.27. The van der Waals surface area contributed by atoms with Crippen molar-refractivity contribution in [3.05, 3.63) is 47.0 Å². The summed E-state index contributed by atoms with van der Waals surface area (Å²) in [6, 6.07) is 13.4. The van der Waals surface area contributed by atoms with Crippen LogP contribution in [-0.4, -0.2) is 22.8 Å². The lowest BCUT2D eigenvalue weighted by atomic mass is 9.96. The zero-order chi connectivity index (χ0) is 16.4. The highest BCUT2D eigenvalue weighted by molar-refractivity contribution is 6.77. The Balaban J connectivity index is 2.23. The van der Waals surface area contributed by atoms with Crippen LogP contribution < -0.4 is 0 Å².